The standard InChI is InChI=1S/C29H38N2O2/c1-2-31(21-27-25-19-30(20-26(25)27)18-22-12-6-3-7-13-22)28(32)29(33,23-14-8-4-9-15-23)24-16-10-5-11-17-24/h3-4,6-9,12-15,24-27,33H,2,5,10-11,16-21H2,1H3/t25-,26?,27+,29+/m0/s1. The molecule has 4 nitrogen and oxygen atoms in total. The van der Waals surface area contributed by atoms with Crippen molar-refractivity contribution in [1.29, 1.82) is 0 Å². The van der Waals surface area contributed by atoms with Crippen molar-refractivity contribution in [2.24, 2.45) is 23.7 Å². The van der Waals surface area contributed by atoms with Crippen molar-refractivity contribution in [3.8, 4) is 0 Å². The van der Waals surface area contributed by atoms with Crippen molar-refractivity contribution >= 4 is 5.91 Å². The zero-order valence-electron chi connectivity index (χ0n) is 19.9. The maximum atomic E-state index is 13.9. The van der Waals surface area contributed by atoms with Crippen molar-refractivity contribution in [2.45, 2.75) is 51.2 Å². The van der Waals surface area contributed by atoms with Gasteiger partial charge < -0.3 is 10.0 Å². The molecule has 3 aliphatic rings. The van der Waals surface area contributed by atoms with E-state index in [2.05, 4.69) is 42.2 Å². The van der Waals surface area contributed by atoms with Crippen molar-refractivity contribution in [3.05, 3.63) is 71.8 Å². The van der Waals surface area contributed by atoms with E-state index in [1.165, 1.54) is 12.0 Å². The zero-order chi connectivity index (χ0) is 22.8. The Hall–Kier alpha value is -2.17. The molecule has 2 aromatic carbocycles. The van der Waals surface area contributed by atoms with Crippen LogP contribution in [0.3, 0.4) is 0 Å². The van der Waals surface area contributed by atoms with E-state index < -0.39 is 5.60 Å². The smallest absolute Gasteiger partial charge is 0.259 e. The first kappa shape index (κ1) is 22.6. The number of nitrogens with zero attached hydrogens (tertiary/aromatic N) is 2. The van der Waals surface area contributed by atoms with Gasteiger partial charge in [-0.3, -0.25) is 9.69 Å². The molecule has 33 heavy (non-hydrogen) atoms. The van der Waals surface area contributed by atoms with E-state index in [1.54, 1.807) is 0 Å². The van der Waals surface area contributed by atoms with Gasteiger partial charge in [-0.05, 0) is 48.6 Å². The summed E-state index contributed by atoms with van der Waals surface area (Å²) in [7, 11) is 0. The summed E-state index contributed by atoms with van der Waals surface area (Å²) in [5.74, 6) is 1.89. The predicted octanol–water partition coefficient (Wildman–Crippen LogP) is 4.68. The number of hydrogen-bond donors (Lipinski definition) is 1. The van der Waals surface area contributed by atoms with Gasteiger partial charge in [-0.2, -0.15) is 0 Å². The molecule has 1 aliphatic heterocycles. The molecule has 2 saturated carbocycles. The molecule has 0 aromatic heterocycles. The van der Waals surface area contributed by atoms with Crippen molar-refractivity contribution in [2.75, 3.05) is 26.2 Å². The summed E-state index contributed by atoms with van der Waals surface area (Å²) in [6.45, 7) is 6.77. The zero-order valence-corrected chi connectivity index (χ0v) is 19.9. The Kier molecular flexibility index (Phi) is 6.58. The molecule has 4 atom stereocenters. The fourth-order valence-electron chi connectivity index (χ4n) is 6.58. The molecule has 3 fully saturated rings. The predicted molar refractivity (Wildman–Crippen MR) is 131 cm³/mol. The average molecular weight is 447 g/mol. The van der Waals surface area contributed by atoms with E-state index in [9.17, 15) is 9.90 Å². The van der Waals surface area contributed by atoms with E-state index in [0.29, 0.717) is 24.3 Å². The number of carbonyl (C=O) groups excluding carboxylic acids is 1. The van der Waals surface area contributed by atoms with Crippen LogP contribution in [0, 0.1) is 23.7 Å². The monoisotopic (exact) mass is 446 g/mol. The summed E-state index contributed by atoms with van der Waals surface area (Å²) in [5.41, 5.74) is 0.743. The van der Waals surface area contributed by atoms with Gasteiger partial charge in [0.1, 0.15) is 0 Å². The van der Waals surface area contributed by atoms with Gasteiger partial charge in [-0.15, -0.1) is 0 Å². The van der Waals surface area contributed by atoms with Gasteiger partial charge in [0.25, 0.3) is 5.91 Å². The van der Waals surface area contributed by atoms with Crippen LogP contribution in [0.5, 0.6) is 0 Å². The molecule has 1 N–H and O–H groups in total. The van der Waals surface area contributed by atoms with Crippen LogP contribution in [0.15, 0.2) is 60.7 Å². The van der Waals surface area contributed by atoms with Crippen LogP contribution in [0.4, 0.5) is 0 Å². The third-order valence-corrected chi connectivity index (χ3v) is 8.53. The van der Waals surface area contributed by atoms with E-state index in [0.717, 1.165) is 57.4 Å². The molecule has 2 aliphatic carbocycles. The molecule has 2 aromatic rings. The first-order chi connectivity index (χ1) is 16.1. The van der Waals surface area contributed by atoms with Crippen molar-refractivity contribution in [1.82, 2.24) is 9.80 Å². The van der Waals surface area contributed by atoms with Crippen LogP contribution in [-0.2, 0) is 16.9 Å². The van der Waals surface area contributed by atoms with Crippen molar-refractivity contribution < 1.29 is 9.90 Å². The largest absolute Gasteiger partial charge is 0.375 e. The topological polar surface area (TPSA) is 43.8 Å². The van der Waals surface area contributed by atoms with Crippen LogP contribution in [0.1, 0.15) is 50.2 Å². The average Bonchev–Trinajstić information content (AvgIpc) is 3.31. The second kappa shape index (κ2) is 9.60. The number of rotatable bonds is 8. The molecular weight excluding hydrogens is 408 g/mol. The number of likely N-dealkylation sites (tertiary alicyclic amines) is 1. The van der Waals surface area contributed by atoms with Crippen LogP contribution in [0.2, 0.25) is 0 Å². The summed E-state index contributed by atoms with van der Waals surface area (Å²) >= 11 is 0. The van der Waals surface area contributed by atoms with E-state index in [-0.39, 0.29) is 11.8 Å². The van der Waals surface area contributed by atoms with Gasteiger partial charge in [-0.25, -0.2) is 0 Å². The number of piperidine rings is 1. The molecular formula is C29H38N2O2. The molecule has 0 bridgehead atoms. The number of fused-ring (bicyclic) bond motifs is 1. The normalized spacial score (nSPS) is 27.0. The maximum absolute atomic E-state index is 13.9. The highest BCUT2D eigenvalue weighted by atomic mass is 16.3. The number of carbonyl (C=O) groups is 1. The highest BCUT2D eigenvalue weighted by Crippen LogP contribution is 2.52. The van der Waals surface area contributed by atoms with Gasteiger partial charge in [-0.1, -0.05) is 79.9 Å². The van der Waals surface area contributed by atoms with E-state index in [4.69, 9.17) is 0 Å². The summed E-state index contributed by atoms with van der Waals surface area (Å²) in [6.07, 6.45) is 5.26. The van der Waals surface area contributed by atoms with Crippen LogP contribution >= 0.6 is 0 Å². The summed E-state index contributed by atoms with van der Waals surface area (Å²) in [4.78, 5) is 18.5. The number of benzene rings is 2. The molecule has 1 heterocycles. The fraction of sp³-hybridized carbons (Fsp3) is 0.552. The number of likely N-dealkylation sites (N-methyl/N-ethyl adjacent to an activating group) is 1. The minimum Gasteiger partial charge on any atom is -0.375 e. The Bertz CT molecular complexity index is 915. The molecule has 1 amide bonds. The SMILES string of the molecule is CCN(C[C@H]1C2CN(Cc3ccccc3)C[C@@H]21)C(=O)[C@@](O)(c1ccccc1)C1CCCCC1. The highest BCUT2D eigenvalue weighted by Gasteiger charge is 2.57. The van der Waals surface area contributed by atoms with E-state index >= 15 is 0 Å². The third-order valence-electron chi connectivity index (χ3n) is 8.53. The third kappa shape index (κ3) is 4.48. The van der Waals surface area contributed by atoms with E-state index in [1.807, 2.05) is 35.2 Å². The molecule has 1 saturated heterocycles. The Morgan fingerprint density at radius 1 is 0.970 bits per heavy atom. The molecule has 176 valence electrons. The summed E-state index contributed by atoms with van der Waals surface area (Å²) in [5, 5.41) is 12.0. The lowest BCUT2D eigenvalue weighted by Crippen LogP contribution is -2.52. The van der Waals surface area contributed by atoms with Crippen LogP contribution < -0.4 is 0 Å². The number of hydrogen-bond acceptors (Lipinski definition) is 3. The second-order valence-electron chi connectivity index (χ2n) is 10.5. The van der Waals surface area contributed by atoms with Crippen LogP contribution in [0.25, 0.3) is 0 Å². The van der Waals surface area contributed by atoms with Gasteiger partial charge in [0.2, 0.25) is 0 Å². The van der Waals surface area contributed by atoms with Crippen molar-refractivity contribution in [3.63, 3.8) is 0 Å². The Morgan fingerprint density at radius 2 is 1.58 bits per heavy atom. The second-order valence-corrected chi connectivity index (χ2v) is 10.5. The Balaban J connectivity index is 1.25. The maximum Gasteiger partial charge on any atom is 0.259 e. The first-order valence-corrected chi connectivity index (χ1v) is 12.9. The van der Waals surface area contributed by atoms with Gasteiger partial charge in [0.15, 0.2) is 5.60 Å². The first-order valence-electron chi connectivity index (χ1n) is 12.9. The number of amides is 1. The molecule has 0 radical (unpaired) electrons. The number of aliphatic hydroxyl groups is 1. The summed E-state index contributed by atoms with van der Waals surface area (Å²) < 4.78 is 0. The summed E-state index contributed by atoms with van der Waals surface area (Å²) in [6, 6.07) is 20.4. The highest BCUT2D eigenvalue weighted by molar-refractivity contribution is 5.87. The Labute approximate surface area is 198 Å². The van der Waals surface area contributed by atoms with Gasteiger partial charge in [0, 0.05) is 38.6 Å². The molecule has 1 unspecified atom stereocenters. The lowest BCUT2D eigenvalue weighted by Gasteiger charge is -2.41. The molecule has 4 heteroatoms. The molecule has 5 rings (SSSR count). The van der Waals surface area contributed by atoms with Gasteiger partial charge >= 0.3 is 0 Å². The fourth-order valence-corrected chi connectivity index (χ4v) is 6.58. The quantitative estimate of drug-likeness (QED) is 0.640. The Morgan fingerprint density at radius 3 is 2.18 bits per heavy atom. The molecule has 0 spiro atoms. The minimum absolute atomic E-state index is 0.00951. The lowest BCUT2D eigenvalue weighted by molar-refractivity contribution is -0.161. The lowest BCUT2D eigenvalue weighted by atomic mass is 9.72. The minimum atomic E-state index is -1.40. The van der Waals surface area contributed by atoms with Gasteiger partial charge in [0.05, 0.1) is 0 Å². The van der Waals surface area contributed by atoms with Crippen LogP contribution in [-0.4, -0.2) is 47.0 Å².